The van der Waals surface area contributed by atoms with Gasteiger partial charge < -0.3 is 5.32 Å². The fraction of sp³-hybridized carbons (Fsp3) is 0.273. The Kier molecular flexibility index (Phi) is 1.95. The average molecular weight is 238 g/mol. The van der Waals surface area contributed by atoms with E-state index in [0.29, 0.717) is 0 Å². The number of anilines is 1. The van der Waals surface area contributed by atoms with E-state index in [1.54, 1.807) is 0 Å². The van der Waals surface area contributed by atoms with Gasteiger partial charge in [-0.15, -0.1) is 0 Å². The Balaban J connectivity index is 2.48. The molecule has 13 heavy (non-hydrogen) atoms. The summed E-state index contributed by atoms with van der Waals surface area (Å²) in [5.41, 5.74) is 2.51. The number of hydrogen-bond donors (Lipinski definition) is 1. The molecule has 2 rings (SSSR count). The minimum absolute atomic E-state index is 0.0633. The Morgan fingerprint density at radius 3 is 2.85 bits per heavy atom. The Morgan fingerprint density at radius 2 is 2.08 bits per heavy atom. The molecule has 1 N–H and O–H groups in total. The molecular weight excluding hydrogens is 226 g/mol. The Bertz CT molecular complexity index is 366. The van der Waals surface area contributed by atoms with Crippen molar-refractivity contribution < 1.29 is 0 Å². The molecule has 1 nitrogen and oxygen atoms in total. The van der Waals surface area contributed by atoms with Crippen LogP contribution in [0.3, 0.4) is 0 Å². The van der Waals surface area contributed by atoms with Crippen LogP contribution in [0.15, 0.2) is 28.7 Å². The van der Waals surface area contributed by atoms with E-state index in [4.69, 9.17) is 0 Å². The van der Waals surface area contributed by atoms with Gasteiger partial charge in [-0.05, 0) is 31.5 Å². The van der Waals surface area contributed by atoms with Crippen LogP contribution >= 0.6 is 15.9 Å². The van der Waals surface area contributed by atoms with Crippen molar-refractivity contribution in [1.29, 1.82) is 0 Å². The minimum atomic E-state index is 0.0633. The minimum Gasteiger partial charge on any atom is -0.376 e. The van der Waals surface area contributed by atoms with Crippen LogP contribution < -0.4 is 5.32 Å². The Hall–Kier alpha value is -0.760. The van der Waals surface area contributed by atoms with E-state index in [0.717, 1.165) is 4.47 Å². The number of benzene rings is 1. The normalized spacial score (nSPS) is 17.8. The first-order valence-electron chi connectivity index (χ1n) is 4.34. The molecule has 0 saturated heterocycles. The molecule has 0 bridgehead atoms. The first kappa shape index (κ1) is 8.82. The van der Waals surface area contributed by atoms with E-state index in [9.17, 15) is 0 Å². The van der Waals surface area contributed by atoms with Crippen molar-refractivity contribution in [3.8, 4) is 0 Å². The lowest BCUT2D eigenvalue weighted by molar-refractivity contribution is 0.711. The third-order valence-corrected chi connectivity index (χ3v) is 2.64. The first-order valence-corrected chi connectivity index (χ1v) is 5.13. The van der Waals surface area contributed by atoms with Gasteiger partial charge in [-0.25, -0.2) is 0 Å². The maximum absolute atomic E-state index is 3.46. The van der Waals surface area contributed by atoms with Crippen molar-refractivity contribution in [2.45, 2.75) is 19.4 Å². The van der Waals surface area contributed by atoms with Crippen molar-refractivity contribution in [1.82, 2.24) is 0 Å². The molecule has 0 aliphatic carbocycles. The lowest BCUT2D eigenvalue weighted by Crippen LogP contribution is -2.30. The summed E-state index contributed by atoms with van der Waals surface area (Å²) in [6.07, 6.45) is 4.35. The van der Waals surface area contributed by atoms with Crippen molar-refractivity contribution in [2.75, 3.05) is 5.32 Å². The van der Waals surface area contributed by atoms with Gasteiger partial charge >= 0.3 is 0 Å². The van der Waals surface area contributed by atoms with Crippen molar-refractivity contribution in [2.24, 2.45) is 0 Å². The third-order valence-electron chi connectivity index (χ3n) is 2.15. The summed E-state index contributed by atoms with van der Waals surface area (Å²) in [5, 5.41) is 3.46. The van der Waals surface area contributed by atoms with Crippen LogP contribution in [0.2, 0.25) is 0 Å². The smallest absolute Gasteiger partial charge is 0.0503 e. The van der Waals surface area contributed by atoms with E-state index in [1.807, 2.05) is 0 Å². The molecule has 0 saturated carbocycles. The van der Waals surface area contributed by atoms with Crippen LogP contribution in [0.25, 0.3) is 6.08 Å². The van der Waals surface area contributed by atoms with Gasteiger partial charge in [0, 0.05) is 10.2 Å². The highest BCUT2D eigenvalue weighted by atomic mass is 79.9. The predicted molar refractivity (Wildman–Crippen MR) is 60.9 cm³/mol. The summed E-state index contributed by atoms with van der Waals surface area (Å²) in [4.78, 5) is 0. The second kappa shape index (κ2) is 2.88. The zero-order valence-electron chi connectivity index (χ0n) is 7.76. The molecule has 1 aromatic rings. The van der Waals surface area contributed by atoms with Gasteiger partial charge in [-0.2, -0.15) is 0 Å². The van der Waals surface area contributed by atoms with E-state index < -0.39 is 0 Å². The van der Waals surface area contributed by atoms with Gasteiger partial charge in [0.1, 0.15) is 0 Å². The highest BCUT2D eigenvalue weighted by Crippen LogP contribution is 2.30. The molecule has 1 aliphatic heterocycles. The second-order valence-electron chi connectivity index (χ2n) is 3.91. The molecule has 1 aromatic carbocycles. The van der Waals surface area contributed by atoms with Gasteiger partial charge in [0.15, 0.2) is 0 Å². The molecule has 0 atom stereocenters. The van der Waals surface area contributed by atoms with Gasteiger partial charge in [0.25, 0.3) is 0 Å². The largest absolute Gasteiger partial charge is 0.376 e. The van der Waals surface area contributed by atoms with E-state index in [2.05, 4.69) is 65.4 Å². The van der Waals surface area contributed by atoms with Crippen LogP contribution in [0.4, 0.5) is 5.69 Å². The molecule has 0 fully saturated rings. The van der Waals surface area contributed by atoms with E-state index >= 15 is 0 Å². The molecule has 0 spiro atoms. The number of rotatable bonds is 0. The van der Waals surface area contributed by atoms with Gasteiger partial charge in [-0.1, -0.05) is 34.1 Å². The van der Waals surface area contributed by atoms with Gasteiger partial charge in [-0.3, -0.25) is 0 Å². The first-order chi connectivity index (χ1) is 6.07. The van der Waals surface area contributed by atoms with Crippen LogP contribution in [0.1, 0.15) is 19.4 Å². The number of halogens is 1. The van der Waals surface area contributed by atoms with Crippen molar-refractivity contribution in [3.63, 3.8) is 0 Å². The summed E-state index contributed by atoms with van der Waals surface area (Å²) in [6, 6.07) is 6.28. The van der Waals surface area contributed by atoms with Gasteiger partial charge in [0.2, 0.25) is 0 Å². The highest BCUT2D eigenvalue weighted by molar-refractivity contribution is 9.10. The highest BCUT2D eigenvalue weighted by Gasteiger charge is 2.18. The monoisotopic (exact) mass is 237 g/mol. The summed E-state index contributed by atoms with van der Waals surface area (Å²) < 4.78 is 1.12. The van der Waals surface area contributed by atoms with Crippen molar-refractivity contribution in [3.05, 3.63) is 34.3 Å². The SMILES string of the molecule is CC1(C)C=Cc2ccc(Br)cc2N1. The van der Waals surface area contributed by atoms with Crippen molar-refractivity contribution >= 4 is 27.7 Å². The number of fused-ring (bicyclic) bond motifs is 1. The average Bonchev–Trinajstić information content (AvgIpc) is 2.01. The molecule has 68 valence electrons. The molecule has 0 radical (unpaired) electrons. The quantitative estimate of drug-likeness (QED) is 0.727. The molecule has 0 amide bonds. The third kappa shape index (κ3) is 1.78. The Morgan fingerprint density at radius 1 is 1.31 bits per heavy atom. The fourth-order valence-electron chi connectivity index (χ4n) is 1.47. The summed E-state index contributed by atoms with van der Waals surface area (Å²) in [6.45, 7) is 4.32. The molecule has 1 aliphatic rings. The van der Waals surface area contributed by atoms with Gasteiger partial charge in [0.05, 0.1) is 5.54 Å². The molecule has 0 aromatic heterocycles. The zero-order chi connectivity index (χ0) is 9.47. The molecular formula is C11H12BrN. The lowest BCUT2D eigenvalue weighted by Gasteiger charge is -2.28. The molecule has 2 heteroatoms. The maximum Gasteiger partial charge on any atom is 0.0503 e. The summed E-state index contributed by atoms with van der Waals surface area (Å²) in [7, 11) is 0. The van der Waals surface area contributed by atoms with Crippen LogP contribution in [-0.4, -0.2) is 5.54 Å². The van der Waals surface area contributed by atoms with Crippen LogP contribution in [0, 0.1) is 0 Å². The standard InChI is InChI=1S/C11H12BrN/c1-11(2)6-5-8-3-4-9(12)7-10(8)13-11/h3-7,13H,1-2H3. The van der Waals surface area contributed by atoms with E-state index in [1.165, 1.54) is 11.3 Å². The Labute approximate surface area is 87.0 Å². The lowest BCUT2D eigenvalue weighted by atomic mass is 9.97. The summed E-state index contributed by atoms with van der Waals surface area (Å²) in [5.74, 6) is 0. The zero-order valence-corrected chi connectivity index (χ0v) is 9.35. The predicted octanol–water partition coefficient (Wildman–Crippen LogP) is 3.67. The molecule has 1 heterocycles. The number of nitrogens with one attached hydrogen (secondary N) is 1. The second-order valence-corrected chi connectivity index (χ2v) is 4.83. The topological polar surface area (TPSA) is 12.0 Å². The van der Waals surface area contributed by atoms with E-state index in [-0.39, 0.29) is 5.54 Å². The molecule has 0 unspecified atom stereocenters. The summed E-state index contributed by atoms with van der Waals surface area (Å²) >= 11 is 3.46. The van der Waals surface area contributed by atoms with Crippen LogP contribution in [0.5, 0.6) is 0 Å². The van der Waals surface area contributed by atoms with Crippen LogP contribution in [-0.2, 0) is 0 Å². The maximum atomic E-state index is 3.46. The number of hydrogen-bond acceptors (Lipinski definition) is 1. The fourth-order valence-corrected chi connectivity index (χ4v) is 1.83.